The summed E-state index contributed by atoms with van der Waals surface area (Å²) in [5.41, 5.74) is -3.60. The van der Waals surface area contributed by atoms with Crippen LogP contribution >= 0.6 is 0 Å². The van der Waals surface area contributed by atoms with Gasteiger partial charge in [0, 0.05) is 6.42 Å². The minimum Gasteiger partial charge on any atom is -0.480 e. The number of carboxylic acids is 2. The van der Waals surface area contributed by atoms with E-state index in [-0.39, 0.29) is 0 Å². The summed E-state index contributed by atoms with van der Waals surface area (Å²) >= 11 is 0. The van der Waals surface area contributed by atoms with E-state index in [0.29, 0.717) is 5.56 Å². The van der Waals surface area contributed by atoms with Crippen LogP contribution in [0.15, 0.2) is 30.3 Å². The molecule has 21 heavy (non-hydrogen) atoms. The Morgan fingerprint density at radius 3 is 1.90 bits per heavy atom. The fourth-order valence-corrected chi connectivity index (χ4v) is 1.57. The molecule has 0 bridgehead atoms. The molecule has 0 aromatic heterocycles. The molecular formula is C13H10F4O4. The summed E-state index contributed by atoms with van der Waals surface area (Å²) in [6.45, 7) is 0. The van der Waals surface area contributed by atoms with Crippen molar-refractivity contribution in [3.8, 4) is 0 Å². The summed E-state index contributed by atoms with van der Waals surface area (Å²) in [4.78, 5) is 21.6. The summed E-state index contributed by atoms with van der Waals surface area (Å²) in [7, 11) is 0. The van der Waals surface area contributed by atoms with Gasteiger partial charge in [0.2, 0.25) is 0 Å². The molecule has 0 aliphatic heterocycles. The Morgan fingerprint density at radius 1 is 1.05 bits per heavy atom. The number of carbonyl (C=O) groups is 2. The summed E-state index contributed by atoms with van der Waals surface area (Å²) in [6.07, 6.45) is -4.87. The van der Waals surface area contributed by atoms with E-state index in [9.17, 15) is 27.2 Å². The second-order valence-corrected chi connectivity index (χ2v) is 4.17. The number of halogens is 4. The van der Waals surface area contributed by atoms with Gasteiger partial charge in [-0.3, -0.25) is 9.59 Å². The maximum atomic E-state index is 12.8. The summed E-state index contributed by atoms with van der Waals surface area (Å²) in [6, 6.07) is 4.63. The number of aliphatic carboxylic acids is 2. The molecule has 1 aromatic rings. The molecule has 0 saturated heterocycles. The molecule has 0 aliphatic carbocycles. The van der Waals surface area contributed by atoms with Gasteiger partial charge in [-0.25, -0.2) is 4.39 Å². The molecule has 1 aromatic carbocycles. The smallest absolute Gasteiger partial charge is 0.415 e. The minimum atomic E-state index is -5.46. The number of allylic oxidation sites excluding steroid dienone is 1. The first-order valence-electron chi connectivity index (χ1n) is 5.57. The molecular weight excluding hydrogens is 296 g/mol. The van der Waals surface area contributed by atoms with Crippen molar-refractivity contribution in [1.29, 1.82) is 0 Å². The number of hydrogen-bond acceptors (Lipinski definition) is 2. The Bertz CT molecular complexity index is 547. The zero-order chi connectivity index (χ0) is 16.3. The fraction of sp³-hybridized carbons (Fsp3) is 0.231. The zero-order valence-corrected chi connectivity index (χ0v) is 10.4. The first-order chi connectivity index (χ1) is 9.61. The van der Waals surface area contributed by atoms with Crippen LogP contribution in [0.3, 0.4) is 0 Å². The van der Waals surface area contributed by atoms with E-state index >= 15 is 0 Å². The minimum absolute atomic E-state index is 0.309. The maximum Gasteiger partial charge on any atom is 0.415 e. The van der Waals surface area contributed by atoms with Gasteiger partial charge in [0.15, 0.2) is 0 Å². The second-order valence-electron chi connectivity index (χ2n) is 4.17. The number of carboxylic acid groups (broad SMARTS) is 2. The summed E-state index contributed by atoms with van der Waals surface area (Å²) in [5.74, 6) is -5.54. The standard InChI is InChI=1S/C13H10F4O4/c14-9-5-3-8(4-6-9)2-1-7-12(10(18)19,11(20)21)13(15,16)17/h1-6H,7H2,(H,18,19)(H,20,21)/b2-1+. The zero-order valence-electron chi connectivity index (χ0n) is 10.4. The third kappa shape index (κ3) is 3.39. The van der Waals surface area contributed by atoms with Crippen molar-refractivity contribution in [3.63, 3.8) is 0 Å². The number of hydrogen-bond donors (Lipinski definition) is 2. The average Bonchev–Trinajstić information content (AvgIpc) is 2.34. The molecule has 0 heterocycles. The number of alkyl halides is 3. The predicted molar refractivity (Wildman–Crippen MR) is 63.8 cm³/mol. The number of rotatable bonds is 5. The van der Waals surface area contributed by atoms with Crippen LogP contribution in [-0.4, -0.2) is 28.3 Å². The normalized spacial score (nSPS) is 12.6. The molecule has 8 heteroatoms. The summed E-state index contributed by atoms with van der Waals surface area (Å²) in [5, 5.41) is 17.4. The van der Waals surface area contributed by atoms with Crippen LogP contribution in [0.2, 0.25) is 0 Å². The van der Waals surface area contributed by atoms with Crippen LogP contribution in [0.1, 0.15) is 12.0 Å². The van der Waals surface area contributed by atoms with Gasteiger partial charge in [0.1, 0.15) is 5.82 Å². The molecule has 0 aliphatic rings. The first kappa shape index (κ1) is 16.7. The van der Waals surface area contributed by atoms with Gasteiger partial charge in [0.05, 0.1) is 0 Å². The number of benzene rings is 1. The Hall–Kier alpha value is -2.38. The molecule has 0 unspecified atom stereocenters. The van der Waals surface area contributed by atoms with E-state index in [4.69, 9.17) is 10.2 Å². The second kappa shape index (κ2) is 5.94. The lowest BCUT2D eigenvalue weighted by Gasteiger charge is -2.26. The highest BCUT2D eigenvalue weighted by Crippen LogP contribution is 2.42. The quantitative estimate of drug-likeness (QED) is 0.648. The van der Waals surface area contributed by atoms with Gasteiger partial charge in [-0.1, -0.05) is 24.3 Å². The van der Waals surface area contributed by atoms with E-state index in [1.165, 1.54) is 12.1 Å². The van der Waals surface area contributed by atoms with Crippen molar-refractivity contribution in [1.82, 2.24) is 0 Å². The molecule has 0 atom stereocenters. The van der Waals surface area contributed by atoms with Crippen molar-refractivity contribution in [2.45, 2.75) is 12.6 Å². The van der Waals surface area contributed by atoms with Crippen molar-refractivity contribution < 1.29 is 37.4 Å². The largest absolute Gasteiger partial charge is 0.480 e. The Balaban J connectivity index is 3.06. The van der Waals surface area contributed by atoms with Crippen molar-refractivity contribution >= 4 is 18.0 Å². The molecule has 114 valence electrons. The highest BCUT2D eigenvalue weighted by Gasteiger charge is 2.66. The van der Waals surface area contributed by atoms with Crippen LogP contribution in [0.4, 0.5) is 17.6 Å². The van der Waals surface area contributed by atoms with E-state index in [1.807, 2.05) is 0 Å². The lowest BCUT2D eigenvalue weighted by Crippen LogP contribution is -2.51. The van der Waals surface area contributed by atoms with Crippen LogP contribution in [0, 0.1) is 11.2 Å². The molecule has 0 saturated carbocycles. The highest BCUT2D eigenvalue weighted by atomic mass is 19.4. The van der Waals surface area contributed by atoms with Gasteiger partial charge >= 0.3 is 18.1 Å². The SMILES string of the molecule is O=C(O)C(C/C=C/c1ccc(F)cc1)(C(=O)O)C(F)(F)F. The average molecular weight is 306 g/mol. The van der Waals surface area contributed by atoms with Gasteiger partial charge in [0.25, 0.3) is 5.41 Å². The van der Waals surface area contributed by atoms with Gasteiger partial charge in [-0.15, -0.1) is 0 Å². The van der Waals surface area contributed by atoms with Crippen LogP contribution in [-0.2, 0) is 9.59 Å². The third-order valence-corrected chi connectivity index (χ3v) is 2.82. The molecule has 4 nitrogen and oxygen atoms in total. The van der Waals surface area contributed by atoms with Crippen LogP contribution in [0.25, 0.3) is 6.08 Å². The van der Waals surface area contributed by atoms with Crippen molar-refractivity contribution in [2.24, 2.45) is 5.41 Å². The third-order valence-electron chi connectivity index (χ3n) is 2.82. The van der Waals surface area contributed by atoms with E-state index in [0.717, 1.165) is 24.3 Å². The van der Waals surface area contributed by atoms with E-state index in [2.05, 4.69) is 0 Å². The van der Waals surface area contributed by atoms with E-state index in [1.54, 1.807) is 0 Å². The lowest BCUT2D eigenvalue weighted by atomic mass is 9.83. The van der Waals surface area contributed by atoms with Crippen LogP contribution in [0.5, 0.6) is 0 Å². The summed E-state index contributed by atoms with van der Waals surface area (Å²) < 4.78 is 51.1. The molecule has 2 N–H and O–H groups in total. The van der Waals surface area contributed by atoms with Crippen molar-refractivity contribution in [3.05, 3.63) is 41.7 Å². The molecule has 0 spiro atoms. The van der Waals surface area contributed by atoms with Gasteiger partial charge < -0.3 is 10.2 Å². The van der Waals surface area contributed by atoms with Crippen molar-refractivity contribution in [2.75, 3.05) is 0 Å². The Morgan fingerprint density at radius 2 is 1.52 bits per heavy atom. The first-order valence-corrected chi connectivity index (χ1v) is 5.57. The molecule has 0 radical (unpaired) electrons. The van der Waals surface area contributed by atoms with Gasteiger partial charge in [-0.2, -0.15) is 13.2 Å². The Labute approximate surface area is 116 Å². The fourth-order valence-electron chi connectivity index (χ4n) is 1.57. The molecule has 0 amide bonds. The topological polar surface area (TPSA) is 74.6 Å². The van der Waals surface area contributed by atoms with Crippen LogP contribution < -0.4 is 0 Å². The monoisotopic (exact) mass is 306 g/mol. The Kier molecular flexibility index (Phi) is 4.72. The van der Waals surface area contributed by atoms with E-state index < -0.39 is 35.8 Å². The maximum absolute atomic E-state index is 12.8. The molecule has 0 fully saturated rings. The molecule has 1 rings (SSSR count). The predicted octanol–water partition coefficient (Wildman–Crippen LogP) is 2.95. The van der Waals surface area contributed by atoms with Gasteiger partial charge in [-0.05, 0) is 17.7 Å². The highest BCUT2D eigenvalue weighted by molar-refractivity contribution is 5.99. The lowest BCUT2D eigenvalue weighted by molar-refractivity contribution is -0.234.